The van der Waals surface area contributed by atoms with E-state index in [2.05, 4.69) is 39.5 Å². The third kappa shape index (κ3) is 5.51. The number of nitrogens with two attached hydrogens (primary N) is 1. The van der Waals surface area contributed by atoms with E-state index >= 15 is 0 Å². The molecular weight excluding hydrogens is 332 g/mol. The summed E-state index contributed by atoms with van der Waals surface area (Å²) < 4.78 is 0. The van der Waals surface area contributed by atoms with Crippen LogP contribution in [0.1, 0.15) is 29.7 Å². The van der Waals surface area contributed by atoms with E-state index in [0.29, 0.717) is 11.1 Å². The first-order chi connectivity index (χ1) is 12.2. The highest BCUT2D eigenvalue weighted by Crippen LogP contribution is 2.18. The minimum atomic E-state index is 0.472. The van der Waals surface area contributed by atoms with Crippen molar-refractivity contribution in [1.29, 1.82) is 0 Å². The number of aromatic nitrogens is 1. The van der Waals surface area contributed by atoms with E-state index in [9.17, 15) is 0 Å². The van der Waals surface area contributed by atoms with E-state index in [1.165, 1.54) is 11.1 Å². The number of nitrogens with zero attached hydrogens (tertiary/aromatic N) is 2. The van der Waals surface area contributed by atoms with Gasteiger partial charge in [0.1, 0.15) is 0 Å². The fraction of sp³-hybridized carbons (Fsp3) is 0.450. The topological polar surface area (TPSA) is 54.2 Å². The molecule has 0 radical (unpaired) electrons. The molecule has 1 aliphatic heterocycles. The standard InChI is InChI=1S/C20H27ClN4/c21-18-7-8-19(24-13-18)14-25(10-4-3-9-22)15-20-11-16-5-1-2-6-17(16)12-23-20/h1-2,5-8,13,20,23H,3-4,9-12,14-15,22H2/t20-/m1/s1. The molecule has 0 aliphatic carbocycles. The molecule has 5 heteroatoms. The van der Waals surface area contributed by atoms with Gasteiger partial charge < -0.3 is 11.1 Å². The zero-order valence-corrected chi connectivity index (χ0v) is 15.4. The second kappa shape index (κ2) is 9.30. The van der Waals surface area contributed by atoms with Crippen LogP contribution in [0.3, 0.4) is 0 Å². The number of hydrogen-bond donors (Lipinski definition) is 2. The van der Waals surface area contributed by atoms with Crippen LogP contribution in [0.15, 0.2) is 42.6 Å². The van der Waals surface area contributed by atoms with Gasteiger partial charge in [0.15, 0.2) is 0 Å². The highest BCUT2D eigenvalue weighted by Gasteiger charge is 2.20. The monoisotopic (exact) mass is 358 g/mol. The van der Waals surface area contributed by atoms with Crippen molar-refractivity contribution < 1.29 is 0 Å². The van der Waals surface area contributed by atoms with E-state index in [1.807, 2.05) is 12.1 Å². The molecule has 2 aromatic rings. The summed E-state index contributed by atoms with van der Waals surface area (Å²) in [5.41, 5.74) is 9.62. The van der Waals surface area contributed by atoms with Gasteiger partial charge in [0.2, 0.25) is 0 Å². The van der Waals surface area contributed by atoms with Gasteiger partial charge in [0.05, 0.1) is 10.7 Å². The van der Waals surface area contributed by atoms with Crippen molar-refractivity contribution >= 4 is 11.6 Å². The van der Waals surface area contributed by atoms with Crippen LogP contribution < -0.4 is 11.1 Å². The lowest BCUT2D eigenvalue weighted by Gasteiger charge is -2.31. The molecule has 0 unspecified atom stereocenters. The van der Waals surface area contributed by atoms with Crippen LogP contribution in [0, 0.1) is 0 Å². The lowest BCUT2D eigenvalue weighted by Crippen LogP contribution is -2.44. The summed E-state index contributed by atoms with van der Waals surface area (Å²) in [7, 11) is 0. The summed E-state index contributed by atoms with van der Waals surface area (Å²) >= 11 is 5.95. The molecule has 1 aliphatic rings. The Balaban J connectivity index is 1.62. The van der Waals surface area contributed by atoms with Crippen molar-refractivity contribution in [1.82, 2.24) is 15.2 Å². The number of benzene rings is 1. The molecule has 0 fully saturated rings. The maximum absolute atomic E-state index is 5.95. The maximum atomic E-state index is 5.95. The Morgan fingerprint density at radius 2 is 2.00 bits per heavy atom. The largest absolute Gasteiger partial charge is 0.330 e. The summed E-state index contributed by atoms with van der Waals surface area (Å²) in [5.74, 6) is 0. The molecule has 1 atom stereocenters. The first-order valence-electron chi connectivity index (χ1n) is 9.07. The average Bonchev–Trinajstić information content (AvgIpc) is 2.63. The van der Waals surface area contributed by atoms with Gasteiger partial charge in [-0.2, -0.15) is 0 Å². The minimum Gasteiger partial charge on any atom is -0.330 e. The normalized spacial score (nSPS) is 16.8. The molecule has 134 valence electrons. The number of rotatable bonds is 8. The fourth-order valence-electron chi connectivity index (χ4n) is 3.41. The smallest absolute Gasteiger partial charge is 0.0589 e. The Bertz CT molecular complexity index is 659. The van der Waals surface area contributed by atoms with Gasteiger partial charge in [-0.3, -0.25) is 9.88 Å². The van der Waals surface area contributed by atoms with Crippen LogP contribution >= 0.6 is 11.6 Å². The summed E-state index contributed by atoms with van der Waals surface area (Å²) in [6, 6.07) is 13.1. The molecule has 1 aromatic carbocycles. The number of pyridine rings is 1. The highest BCUT2D eigenvalue weighted by molar-refractivity contribution is 6.30. The molecule has 1 aromatic heterocycles. The Morgan fingerprint density at radius 1 is 1.16 bits per heavy atom. The van der Waals surface area contributed by atoms with E-state index in [4.69, 9.17) is 17.3 Å². The van der Waals surface area contributed by atoms with Gasteiger partial charge in [-0.25, -0.2) is 0 Å². The molecule has 0 bridgehead atoms. The maximum Gasteiger partial charge on any atom is 0.0589 e. The molecular formula is C20H27ClN4. The SMILES string of the molecule is NCCCCN(Cc1ccc(Cl)cn1)C[C@H]1Cc2ccccc2CN1. The molecule has 2 heterocycles. The third-order valence-corrected chi connectivity index (χ3v) is 4.97. The minimum absolute atomic E-state index is 0.472. The van der Waals surface area contributed by atoms with Crippen LogP contribution in [-0.2, 0) is 19.5 Å². The van der Waals surface area contributed by atoms with Crippen molar-refractivity contribution in [3.63, 3.8) is 0 Å². The zero-order valence-electron chi connectivity index (χ0n) is 14.6. The van der Waals surface area contributed by atoms with Crippen LogP contribution in [-0.4, -0.2) is 35.6 Å². The van der Waals surface area contributed by atoms with Gasteiger partial charge >= 0.3 is 0 Å². The first-order valence-corrected chi connectivity index (χ1v) is 9.45. The van der Waals surface area contributed by atoms with Gasteiger partial charge in [0, 0.05) is 31.9 Å². The molecule has 0 amide bonds. The summed E-state index contributed by atoms with van der Waals surface area (Å²) in [6.07, 6.45) is 4.99. The predicted molar refractivity (Wildman–Crippen MR) is 104 cm³/mol. The molecule has 0 spiro atoms. The van der Waals surface area contributed by atoms with Crippen LogP contribution in [0.5, 0.6) is 0 Å². The van der Waals surface area contributed by atoms with Crippen molar-refractivity contribution in [2.24, 2.45) is 5.73 Å². The Kier molecular flexibility index (Phi) is 6.82. The van der Waals surface area contributed by atoms with Gasteiger partial charge in [-0.05, 0) is 55.6 Å². The van der Waals surface area contributed by atoms with E-state index in [1.54, 1.807) is 6.20 Å². The zero-order chi connectivity index (χ0) is 17.5. The van der Waals surface area contributed by atoms with Crippen molar-refractivity contribution in [2.75, 3.05) is 19.6 Å². The van der Waals surface area contributed by atoms with E-state index in [0.717, 1.165) is 57.7 Å². The molecule has 3 rings (SSSR count). The summed E-state index contributed by atoms with van der Waals surface area (Å²) in [6.45, 7) is 4.62. The Hall–Kier alpha value is -1.46. The van der Waals surface area contributed by atoms with Crippen molar-refractivity contribution in [2.45, 2.75) is 38.4 Å². The van der Waals surface area contributed by atoms with Crippen LogP contribution in [0.4, 0.5) is 0 Å². The highest BCUT2D eigenvalue weighted by atomic mass is 35.5. The number of nitrogens with one attached hydrogen (secondary N) is 1. The number of unbranched alkanes of at least 4 members (excludes halogenated alkanes) is 1. The summed E-state index contributed by atoms with van der Waals surface area (Å²) in [4.78, 5) is 6.94. The molecule has 25 heavy (non-hydrogen) atoms. The molecule has 4 nitrogen and oxygen atoms in total. The lowest BCUT2D eigenvalue weighted by molar-refractivity contribution is 0.222. The molecule has 0 saturated heterocycles. The van der Waals surface area contributed by atoms with Crippen LogP contribution in [0.25, 0.3) is 0 Å². The van der Waals surface area contributed by atoms with Gasteiger partial charge in [-0.1, -0.05) is 35.9 Å². The second-order valence-corrected chi connectivity index (χ2v) is 7.19. The summed E-state index contributed by atoms with van der Waals surface area (Å²) in [5, 5.41) is 4.37. The fourth-order valence-corrected chi connectivity index (χ4v) is 3.52. The number of fused-ring (bicyclic) bond motifs is 1. The van der Waals surface area contributed by atoms with Crippen LogP contribution in [0.2, 0.25) is 5.02 Å². The average molecular weight is 359 g/mol. The van der Waals surface area contributed by atoms with Gasteiger partial charge in [-0.15, -0.1) is 0 Å². The van der Waals surface area contributed by atoms with E-state index in [-0.39, 0.29) is 0 Å². The number of halogens is 1. The predicted octanol–water partition coefficient (Wildman–Crippen LogP) is 2.99. The quantitative estimate of drug-likeness (QED) is 0.712. The Labute approximate surface area is 155 Å². The first kappa shape index (κ1) is 18.3. The molecule has 3 N–H and O–H groups in total. The third-order valence-electron chi connectivity index (χ3n) is 4.75. The second-order valence-electron chi connectivity index (χ2n) is 6.75. The van der Waals surface area contributed by atoms with Gasteiger partial charge in [0.25, 0.3) is 0 Å². The number of hydrogen-bond acceptors (Lipinski definition) is 4. The van der Waals surface area contributed by atoms with E-state index < -0.39 is 0 Å². The Morgan fingerprint density at radius 3 is 2.76 bits per heavy atom. The van der Waals surface area contributed by atoms with Crippen molar-refractivity contribution in [3.8, 4) is 0 Å². The van der Waals surface area contributed by atoms with Crippen molar-refractivity contribution in [3.05, 3.63) is 64.4 Å². The lowest BCUT2D eigenvalue weighted by atomic mass is 9.95. The molecule has 0 saturated carbocycles.